The van der Waals surface area contributed by atoms with Gasteiger partial charge in [-0.3, -0.25) is 4.79 Å². The Kier molecular flexibility index (Phi) is 5.50. The van der Waals surface area contributed by atoms with E-state index >= 15 is 0 Å². The van der Waals surface area contributed by atoms with Gasteiger partial charge in [0.2, 0.25) is 0 Å². The molecule has 1 aromatic rings. The van der Waals surface area contributed by atoms with Crippen molar-refractivity contribution in [2.75, 3.05) is 20.0 Å². The van der Waals surface area contributed by atoms with Gasteiger partial charge in [-0.25, -0.2) is 8.42 Å². The van der Waals surface area contributed by atoms with Gasteiger partial charge in [-0.2, -0.15) is 0 Å². The monoisotopic (exact) mass is 285 g/mol. The van der Waals surface area contributed by atoms with Crippen LogP contribution in [-0.4, -0.2) is 40.3 Å². The smallest absolute Gasteiger partial charge is 0.251 e. The first-order chi connectivity index (χ1) is 8.84. The quantitative estimate of drug-likeness (QED) is 0.853. The van der Waals surface area contributed by atoms with Crippen molar-refractivity contribution in [3.8, 4) is 0 Å². The molecule has 0 fully saturated rings. The lowest BCUT2D eigenvalue weighted by atomic mass is 10.2. The Morgan fingerprint density at radius 2 is 2.11 bits per heavy atom. The average molecular weight is 285 g/mol. The van der Waals surface area contributed by atoms with E-state index in [-0.39, 0.29) is 16.8 Å². The summed E-state index contributed by atoms with van der Waals surface area (Å²) in [5.74, 6) is -0.283. The van der Waals surface area contributed by atoms with Crippen molar-refractivity contribution in [3.05, 3.63) is 29.8 Å². The first-order valence-electron chi connectivity index (χ1n) is 5.94. The number of hydrogen-bond acceptors (Lipinski definition) is 4. The molecule has 5 nitrogen and oxygen atoms in total. The van der Waals surface area contributed by atoms with Gasteiger partial charge in [-0.05, 0) is 31.5 Å². The van der Waals surface area contributed by atoms with Crippen molar-refractivity contribution < 1.29 is 17.9 Å². The second-order valence-electron chi connectivity index (χ2n) is 4.46. The van der Waals surface area contributed by atoms with Gasteiger partial charge < -0.3 is 10.1 Å². The van der Waals surface area contributed by atoms with Gasteiger partial charge in [0.1, 0.15) is 0 Å². The Bertz CT molecular complexity index is 539. The second-order valence-corrected chi connectivity index (χ2v) is 6.47. The molecule has 0 aromatic heterocycles. The molecule has 1 aromatic carbocycles. The summed E-state index contributed by atoms with van der Waals surface area (Å²) in [5, 5.41) is 2.80. The predicted octanol–water partition coefficient (Wildman–Crippen LogP) is 1.24. The maximum atomic E-state index is 12.0. The van der Waals surface area contributed by atoms with Gasteiger partial charge in [-0.1, -0.05) is 6.07 Å². The molecule has 0 spiro atoms. The third-order valence-corrected chi connectivity index (χ3v) is 3.77. The zero-order valence-corrected chi connectivity index (χ0v) is 12.2. The van der Waals surface area contributed by atoms with Gasteiger partial charge in [0.05, 0.1) is 4.90 Å². The minimum atomic E-state index is -3.30. The zero-order valence-electron chi connectivity index (χ0n) is 11.3. The van der Waals surface area contributed by atoms with Gasteiger partial charge in [0.25, 0.3) is 5.91 Å². The average Bonchev–Trinajstić information content (AvgIpc) is 2.35. The first kappa shape index (κ1) is 15.7. The van der Waals surface area contributed by atoms with E-state index in [0.29, 0.717) is 18.6 Å². The van der Waals surface area contributed by atoms with Crippen molar-refractivity contribution in [2.24, 2.45) is 0 Å². The summed E-state index contributed by atoms with van der Waals surface area (Å²) < 4.78 is 27.8. The molecule has 1 N–H and O–H groups in total. The SMILES string of the molecule is COCCC(C)NC(=O)c1cccc(S(C)(=O)=O)c1. The molecule has 106 valence electrons. The number of benzene rings is 1. The number of methoxy groups -OCH3 is 1. The minimum absolute atomic E-state index is 0.0330. The molecule has 0 radical (unpaired) electrons. The van der Waals surface area contributed by atoms with Crippen molar-refractivity contribution >= 4 is 15.7 Å². The number of ether oxygens (including phenoxy) is 1. The van der Waals surface area contributed by atoms with E-state index in [4.69, 9.17) is 4.74 Å². The van der Waals surface area contributed by atoms with Crippen LogP contribution in [0.2, 0.25) is 0 Å². The summed E-state index contributed by atoms with van der Waals surface area (Å²) in [7, 11) is -1.70. The lowest BCUT2D eigenvalue weighted by Crippen LogP contribution is -2.33. The lowest BCUT2D eigenvalue weighted by molar-refractivity contribution is 0.0929. The van der Waals surface area contributed by atoms with Crippen LogP contribution in [0.1, 0.15) is 23.7 Å². The number of carbonyl (C=O) groups is 1. The third kappa shape index (κ3) is 5.00. The minimum Gasteiger partial charge on any atom is -0.385 e. The topological polar surface area (TPSA) is 72.5 Å². The molecule has 0 aliphatic carbocycles. The Labute approximate surface area is 113 Å². The number of carbonyl (C=O) groups excluding carboxylic acids is 1. The highest BCUT2D eigenvalue weighted by Crippen LogP contribution is 2.11. The van der Waals surface area contributed by atoms with Crippen LogP contribution in [0, 0.1) is 0 Å². The van der Waals surface area contributed by atoms with E-state index in [1.807, 2.05) is 6.92 Å². The normalized spacial score (nSPS) is 13.0. The number of hydrogen-bond donors (Lipinski definition) is 1. The van der Waals surface area contributed by atoms with Crippen LogP contribution in [0.3, 0.4) is 0 Å². The van der Waals surface area contributed by atoms with Crippen molar-refractivity contribution in [3.63, 3.8) is 0 Å². The predicted molar refractivity (Wildman–Crippen MR) is 73.0 cm³/mol. The van der Waals surface area contributed by atoms with Gasteiger partial charge in [-0.15, -0.1) is 0 Å². The molecule has 1 atom stereocenters. The molecule has 1 unspecified atom stereocenters. The molecular formula is C13H19NO4S. The summed E-state index contributed by atoms with van der Waals surface area (Å²) in [5.41, 5.74) is 0.340. The Hall–Kier alpha value is -1.40. The number of nitrogens with one attached hydrogen (secondary N) is 1. The van der Waals surface area contributed by atoms with E-state index in [9.17, 15) is 13.2 Å². The van der Waals surface area contributed by atoms with Crippen LogP contribution >= 0.6 is 0 Å². The molecule has 1 amide bonds. The molecule has 0 saturated heterocycles. The summed E-state index contributed by atoms with van der Waals surface area (Å²) in [4.78, 5) is 12.1. The second kappa shape index (κ2) is 6.68. The van der Waals surface area contributed by atoms with Crippen LogP contribution in [-0.2, 0) is 14.6 Å². The van der Waals surface area contributed by atoms with Gasteiger partial charge in [0, 0.05) is 31.6 Å². The number of rotatable bonds is 6. The number of sulfone groups is 1. The molecule has 0 aliphatic rings. The standard InChI is InChI=1S/C13H19NO4S/c1-10(7-8-18-2)14-13(15)11-5-4-6-12(9-11)19(3,16)17/h4-6,9-10H,7-8H2,1-3H3,(H,14,15). The maximum Gasteiger partial charge on any atom is 0.251 e. The van der Waals surface area contributed by atoms with E-state index < -0.39 is 9.84 Å². The van der Waals surface area contributed by atoms with Gasteiger partial charge >= 0.3 is 0 Å². The van der Waals surface area contributed by atoms with E-state index in [0.717, 1.165) is 6.26 Å². The molecule has 1 rings (SSSR count). The van der Waals surface area contributed by atoms with Gasteiger partial charge in [0.15, 0.2) is 9.84 Å². The van der Waals surface area contributed by atoms with Crippen LogP contribution in [0.4, 0.5) is 0 Å². The molecule has 0 heterocycles. The van der Waals surface area contributed by atoms with Crippen LogP contribution < -0.4 is 5.32 Å². The molecule has 19 heavy (non-hydrogen) atoms. The summed E-state index contributed by atoms with van der Waals surface area (Å²) in [6, 6.07) is 5.97. The fourth-order valence-electron chi connectivity index (χ4n) is 1.54. The maximum absolute atomic E-state index is 12.0. The summed E-state index contributed by atoms with van der Waals surface area (Å²) >= 11 is 0. The molecule has 0 saturated carbocycles. The molecular weight excluding hydrogens is 266 g/mol. The Morgan fingerprint density at radius 3 is 2.68 bits per heavy atom. The first-order valence-corrected chi connectivity index (χ1v) is 7.83. The lowest BCUT2D eigenvalue weighted by Gasteiger charge is -2.13. The van der Waals surface area contributed by atoms with Crippen molar-refractivity contribution in [1.29, 1.82) is 0 Å². The molecule has 6 heteroatoms. The van der Waals surface area contributed by atoms with E-state index in [1.165, 1.54) is 12.1 Å². The molecule has 0 aliphatic heterocycles. The Balaban J connectivity index is 2.78. The van der Waals surface area contributed by atoms with E-state index in [1.54, 1.807) is 19.2 Å². The van der Waals surface area contributed by atoms with Crippen LogP contribution in [0.15, 0.2) is 29.2 Å². The summed E-state index contributed by atoms with van der Waals surface area (Å²) in [6.07, 6.45) is 1.82. The number of amides is 1. The fourth-order valence-corrected chi connectivity index (χ4v) is 2.21. The highest BCUT2D eigenvalue weighted by atomic mass is 32.2. The summed E-state index contributed by atoms with van der Waals surface area (Å²) in [6.45, 7) is 2.43. The highest BCUT2D eigenvalue weighted by molar-refractivity contribution is 7.90. The highest BCUT2D eigenvalue weighted by Gasteiger charge is 2.13. The fraction of sp³-hybridized carbons (Fsp3) is 0.462. The van der Waals surface area contributed by atoms with E-state index in [2.05, 4.69) is 5.32 Å². The largest absolute Gasteiger partial charge is 0.385 e. The van der Waals surface area contributed by atoms with Crippen molar-refractivity contribution in [1.82, 2.24) is 5.32 Å². The molecule has 0 bridgehead atoms. The van der Waals surface area contributed by atoms with Crippen LogP contribution in [0.5, 0.6) is 0 Å². The third-order valence-electron chi connectivity index (χ3n) is 2.66. The Morgan fingerprint density at radius 1 is 1.42 bits per heavy atom. The van der Waals surface area contributed by atoms with Crippen molar-refractivity contribution in [2.45, 2.75) is 24.3 Å². The van der Waals surface area contributed by atoms with Crippen LogP contribution in [0.25, 0.3) is 0 Å². The zero-order chi connectivity index (χ0) is 14.5.